The molecule has 2 N–H and O–H groups in total. The lowest BCUT2D eigenvalue weighted by molar-refractivity contribution is 0.0659. The van der Waals surface area contributed by atoms with Gasteiger partial charge in [0.1, 0.15) is 5.75 Å². The van der Waals surface area contributed by atoms with Gasteiger partial charge in [0, 0.05) is 19.1 Å². The number of aryl methyl sites for hydroxylation is 1. The van der Waals surface area contributed by atoms with E-state index in [-0.39, 0.29) is 17.7 Å². The van der Waals surface area contributed by atoms with Crippen LogP contribution in [0.4, 0.5) is 0 Å². The Hall–Kier alpha value is -1.55. The number of hydrogen-bond donors (Lipinski definition) is 2. The van der Waals surface area contributed by atoms with Gasteiger partial charge in [-0.25, -0.2) is 0 Å². The van der Waals surface area contributed by atoms with Crippen LogP contribution in [-0.2, 0) is 0 Å². The Kier molecular flexibility index (Phi) is 4.43. The summed E-state index contributed by atoms with van der Waals surface area (Å²) in [5.41, 5.74) is 1.36. The highest BCUT2D eigenvalue weighted by Gasteiger charge is 2.26. The van der Waals surface area contributed by atoms with Crippen molar-refractivity contribution in [2.24, 2.45) is 0 Å². The molecule has 1 atom stereocenters. The maximum absolute atomic E-state index is 12.5. The van der Waals surface area contributed by atoms with E-state index in [2.05, 4.69) is 5.32 Å². The molecule has 4 nitrogen and oxygen atoms in total. The number of benzene rings is 1. The van der Waals surface area contributed by atoms with Gasteiger partial charge in [-0.2, -0.15) is 0 Å². The highest BCUT2D eigenvalue weighted by atomic mass is 16.3. The Morgan fingerprint density at radius 1 is 1.53 bits per heavy atom. The van der Waals surface area contributed by atoms with E-state index >= 15 is 0 Å². The predicted molar refractivity (Wildman–Crippen MR) is 75.4 cm³/mol. The van der Waals surface area contributed by atoms with Crippen LogP contribution >= 0.6 is 0 Å². The van der Waals surface area contributed by atoms with Crippen LogP contribution < -0.4 is 5.32 Å². The number of phenolic OH excluding ortho intramolecular Hbond substituents is 1. The van der Waals surface area contributed by atoms with Gasteiger partial charge >= 0.3 is 0 Å². The first-order valence-corrected chi connectivity index (χ1v) is 6.94. The van der Waals surface area contributed by atoms with Gasteiger partial charge in [-0.15, -0.1) is 0 Å². The summed E-state index contributed by atoms with van der Waals surface area (Å²) in [5.74, 6) is 0.000851. The normalized spacial score (nSPS) is 19.2. The molecule has 0 bridgehead atoms. The summed E-state index contributed by atoms with van der Waals surface area (Å²) < 4.78 is 0. The number of hydrogen-bond acceptors (Lipinski definition) is 3. The molecule has 1 aliphatic rings. The average molecular weight is 262 g/mol. The largest absolute Gasteiger partial charge is 0.507 e. The van der Waals surface area contributed by atoms with Crippen molar-refractivity contribution in [3.8, 4) is 5.75 Å². The summed E-state index contributed by atoms with van der Waals surface area (Å²) >= 11 is 0. The van der Waals surface area contributed by atoms with Crippen LogP contribution in [-0.4, -0.2) is 41.6 Å². The summed E-state index contributed by atoms with van der Waals surface area (Å²) in [5, 5.41) is 13.3. The minimum absolute atomic E-state index is 0.0753. The smallest absolute Gasteiger partial charge is 0.257 e. The van der Waals surface area contributed by atoms with E-state index in [1.165, 1.54) is 0 Å². The Morgan fingerprint density at radius 3 is 2.89 bits per heavy atom. The van der Waals surface area contributed by atoms with Gasteiger partial charge in [0.25, 0.3) is 5.91 Å². The molecule has 0 radical (unpaired) electrons. The number of phenols is 1. The summed E-state index contributed by atoms with van der Waals surface area (Å²) in [6.45, 7) is 6.41. The zero-order chi connectivity index (χ0) is 13.8. The summed E-state index contributed by atoms with van der Waals surface area (Å²) in [7, 11) is 0. The minimum atomic E-state index is -0.0753. The van der Waals surface area contributed by atoms with Crippen molar-refractivity contribution in [3.63, 3.8) is 0 Å². The zero-order valence-electron chi connectivity index (χ0n) is 11.6. The molecule has 2 rings (SSSR count). The van der Waals surface area contributed by atoms with Gasteiger partial charge in [-0.05, 0) is 50.9 Å². The summed E-state index contributed by atoms with van der Waals surface area (Å²) in [6, 6.07) is 5.44. The van der Waals surface area contributed by atoms with Crippen LogP contribution in [0, 0.1) is 6.92 Å². The third-order valence-corrected chi connectivity index (χ3v) is 3.70. The number of rotatable bonds is 3. The Morgan fingerprint density at radius 2 is 2.32 bits per heavy atom. The molecule has 1 aliphatic heterocycles. The first kappa shape index (κ1) is 13.9. The maximum atomic E-state index is 12.5. The van der Waals surface area contributed by atoms with Gasteiger partial charge in [-0.1, -0.05) is 6.07 Å². The second kappa shape index (κ2) is 6.06. The Labute approximate surface area is 114 Å². The van der Waals surface area contributed by atoms with Crippen molar-refractivity contribution in [1.82, 2.24) is 10.2 Å². The Balaban J connectivity index is 2.19. The molecule has 1 unspecified atom stereocenters. The fraction of sp³-hybridized carbons (Fsp3) is 0.533. The number of carbonyl (C=O) groups is 1. The van der Waals surface area contributed by atoms with Crippen molar-refractivity contribution >= 4 is 5.91 Å². The van der Waals surface area contributed by atoms with E-state index in [0.717, 1.165) is 31.5 Å². The van der Waals surface area contributed by atoms with Crippen LogP contribution in [0.25, 0.3) is 0 Å². The molecule has 4 heteroatoms. The van der Waals surface area contributed by atoms with Crippen molar-refractivity contribution < 1.29 is 9.90 Å². The molecule has 1 amide bonds. The molecule has 104 valence electrons. The molecular formula is C15H22N2O2. The quantitative estimate of drug-likeness (QED) is 0.875. The van der Waals surface area contributed by atoms with Crippen LogP contribution in [0.2, 0.25) is 0 Å². The predicted octanol–water partition coefficient (Wildman–Crippen LogP) is 1.91. The number of nitrogens with zero attached hydrogens (tertiary/aromatic N) is 1. The lowest BCUT2D eigenvalue weighted by Gasteiger charge is -2.34. The first-order valence-electron chi connectivity index (χ1n) is 6.94. The van der Waals surface area contributed by atoms with Crippen molar-refractivity contribution in [1.29, 1.82) is 0 Å². The molecule has 0 spiro atoms. The highest BCUT2D eigenvalue weighted by Crippen LogP contribution is 2.22. The lowest BCUT2D eigenvalue weighted by Crippen LogP contribution is -2.48. The monoisotopic (exact) mass is 262 g/mol. The number of nitrogens with one attached hydrogen (secondary N) is 1. The van der Waals surface area contributed by atoms with Gasteiger partial charge in [0.2, 0.25) is 0 Å². The number of likely N-dealkylation sites (N-methyl/N-ethyl adjacent to an activating group) is 1. The van der Waals surface area contributed by atoms with Crippen LogP contribution in [0.1, 0.15) is 35.7 Å². The molecule has 0 saturated carbocycles. The molecule has 1 heterocycles. The van der Waals surface area contributed by atoms with E-state index in [4.69, 9.17) is 0 Å². The summed E-state index contributed by atoms with van der Waals surface area (Å²) in [6.07, 6.45) is 2.12. The average Bonchev–Trinajstić information content (AvgIpc) is 2.40. The third-order valence-electron chi connectivity index (χ3n) is 3.70. The summed E-state index contributed by atoms with van der Waals surface area (Å²) in [4.78, 5) is 14.4. The van der Waals surface area contributed by atoms with Gasteiger partial charge in [0.05, 0.1) is 5.56 Å². The first-order chi connectivity index (χ1) is 9.13. The standard InChI is InChI=1S/C15H22N2O2/c1-3-17(12-5-4-8-16-10-12)15(19)13-7-6-11(2)9-14(13)18/h6-7,9,12,16,18H,3-5,8,10H2,1-2H3. The van der Waals surface area contributed by atoms with Crippen LogP contribution in [0.5, 0.6) is 5.75 Å². The lowest BCUT2D eigenvalue weighted by atomic mass is 10.0. The molecular weight excluding hydrogens is 240 g/mol. The molecule has 0 aliphatic carbocycles. The molecule has 1 saturated heterocycles. The molecule has 1 fully saturated rings. The fourth-order valence-electron chi connectivity index (χ4n) is 2.64. The van der Waals surface area contributed by atoms with Gasteiger partial charge in [0.15, 0.2) is 0 Å². The van der Waals surface area contributed by atoms with E-state index in [9.17, 15) is 9.90 Å². The number of piperidine rings is 1. The highest BCUT2D eigenvalue weighted by molar-refractivity contribution is 5.97. The second-order valence-corrected chi connectivity index (χ2v) is 5.11. The molecule has 0 aromatic heterocycles. The third kappa shape index (κ3) is 3.07. The van der Waals surface area contributed by atoms with E-state index in [1.807, 2.05) is 24.8 Å². The van der Waals surface area contributed by atoms with E-state index < -0.39 is 0 Å². The molecule has 19 heavy (non-hydrogen) atoms. The fourth-order valence-corrected chi connectivity index (χ4v) is 2.64. The number of amides is 1. The minimum Gasteiger partial charge on any atom is -0.507 e. The van der Waals surface area contributed by atoms with E-state index in [0.29, 0.717) is 12.1 Å². The topological polar surface area (TPSA) is 52.6 Å². The van der Waals surface area contributed by atoms with Crippen molar-refractivity contribution in [2.75, 3.05) is 19.6 Å². The SMILES string of the molecule is CCN(C(=O)c1ccc(C)cc1O)C1CCCNC1. The number of aromatic hydroxyl groups is 1. The molecule has 1 aromatic rings. The van der Waals surface area contributed by atoms with Gasteiger partial charge < -0.3 is 15.3 Å². The molecule has 1 aromatic carbocycles. The maximum Gasteiger partial charge on any atom is 0.257 e. The Bertz CT molecular complexity index is 453. The van der Waals surface area contributed by atoms with Crippen LogP contribution in [0.3, 0.4) is 0 Å². The van der Waals surface area contributed by atoms with Crippen LogP contribution in [0.15, 0.2) is 18.2 Å². The number of carbonyl (C=O) groups excluding carboxylic acids is 1. The van der Waals surface area contributed by atoms with Crippen molar-refractivity contribution in [3.05, 3.63) is 29.3 Å². The zero-order valence-corrected chi connectivity index (χ0v) is 11.6. The second-order valence-electron chi connectivity index (χ2n) is 5.11. The van der Waals surface area contributed by atoms with Crippen molar-refractivity contribution in [2.45, 2.75) is 32.7 Å². The van der Waals surface area contributed by atoms with Gasteiger partial charge in [-0.3, -0.25) is 4.79 Å². The van der Waals surface area contributed by atoms with E-state index in [1.54, 1.807) is 12.1 Å².